The molecule has 138 valence electrons. The summed E-state index contributed by atoms with van der Waals surface area (Å²) in [6, 6.07) is 15.9. The molecule has 6 heteroatoms. The minimum Gasteiger partial charge on any atom is -0.492 e. The Morgan fingerprint density at radius 2 is 1.77 bits per heavy atom. The average molecular weight is 390 g/mol. The van der Waals surface area contributed by atoms with Crippen LogP contribution in [0, 0.1) is 0 Å². The van der Waals surface area contributed by atoms with Crippen LogP contribution in [0.5, 0.6) is 5.75 Å². The molecule has 0 aromatic heterocycles. The summed E-state index contributed by atoms with van der Waals surface area (Å²) in [5.41, 5.74) is 2.09. The fourth-order valence-corrected chi connectivity index (χ4v) is 3.51. The number of thiocarbonyl (C=S) groups is 1. The molecule has 1 aliphatic rings. The standard InChI is InChI=1S/C20H24ClN3OS/c1-2-25-19-10-6-5-9-18(19)22-20(26)24-13-11-23(12-14-24)15-16-7-3-4-8-17(16)21/h3-10H,2,11-15H2,1H3,(H,22,26). The van der Waals surface area contributed by atoms with E-state index < -0.39 is 0 Å². The molecule has 0 unspecified atom stereocenters. The van der Waals surface area contributed by atoms with Gasteiger partial charge in [-0.25, -0.2) is 0 Å². The minimum absolute atomic E-state index is 0.631. The summed E-state index contributed by atoms with van der Waals surface area (Å²) in [7, 11) is 0. The zero-order valence-electron chi connectivity index (χ0n) is 15.0. The van der Waals surface area contributed by atoms with E-state index in [4.69, 9.17) is 28.6 Å². The highest BCUT2D eigenvalue weighted by molar-refractivity contribution is 7.80. The molecule has 26 heavy (non-hydrogen) atoms. The van der Waals surface area contributed by atoms with Crippen molar-refractivity contribution in [3.63, 3.8) is 0 Å². The molecule has 0 saturated carbocycles. The predicted molar refractivity (Wildman–Crippen MR) is 112 cm³/mol. The van der Waals surface area contributed by atoms with Crippen LogP contribution in [0.25, 0.3) is 0 Å². The number of anilines is 1. The number of ether oxygens (including phenoxy) is 1. The van der Waals surface area contributed by atoms with Crippen molar-refractivity contribution in [1.29, 1.82) is 0 Å². The quantitative estimate of drug-likeness (QED) is 0.771. The summed E-state index contributed by atoms with van der Waals surface area (Å²) in [5.74, 6) is 0.828. The number of hydrogen-bond donors (Lipinski definition) is 1. The Balaban J connectivity index is 1.53. The van der Waals surface area contributed by atoms with Crippen molar-refractivity contribution in [1.82, 2.24) is 9.80 Å². The van der Waals surface area contributed by atoms with Gasteiger partial charge in [0.1, 0.15) is 5.75 Å². The first kappa shape index (κ1) is 19.0. The molecule has 0 atom stereocenters. The van der Waals surface area contributed by atoms with Crippen LogP contribution in [0.2, 0.25) is 5.02 Å². The fourth-order valence-electron chi connectivity index (χ4n) is 3.02. The topological polar surface area (TPSA) is 27.7 Å². The summed E-state index contributed by atoms with van der Waals surface area (Å²) in [6.45, 7) is 7.20. The lowest BCUT2D eigenvalue weighted by atomic mass is 10.2. The van der Waals surface area contributed by atoms with Crippen molar-refractivity contribution < 1.29 is 4.74 Å². The van der Waals surface area contributed by atoms with E-state index in [0.29, 0.717) is 6.61 Å². The van der Waals surface area contributed by atoms with E-state index in [1.165, 1.54) is 5.56 Å². The van der Waals surface area contributed by atoms with Gasteiger partial charge in [-0.3, -0.25) is 4.90 Å². The van der Waals surface area contributed by atoms with Gasteiger partial charge >= 0.3 is 0 Å². The Kier molecular flexibility index (Phi) is 6.72. The molecule has 0 bridgehead atoms. The lowest BCUT2D eigenvalue weighted by Crippen LogP contribution is -2.49. The Morgan fingerprint density at radius 1 is 1.08 bits per heavy atom. The van der Waals surface area contributed by atoms with Crippen molar-refractivity contribution in [2.24, 2.45) is 0 Å². The maximum atomic E-state index is 6.27. The van der Waals surface area contributed by atoms with Gasteiger partial charge in [-0.05, 0) is 42.9 Å². The van der Waals surface area contributed by atoms with E-state index in [1.807, 2.05) is 49.4 Å². The fraction of sp³-hybridized carbons (Fsp3) is 0.350. The number of piperazine rings is 1. The van der Waals surface area contributed by atoms with Crippen molar-refractivity contribution >= 4 is 34.6 Å². The first-order valence-corrected chi connectivity index (χ1v) is 9.69. The molecule has 0 amide bonds. The molecular weight excluding hydrogens is 366 g/mol. The normalized spacial score (nSPS) is 14.9. The number of halogens is 1. The van der Waals surface area contributed by atoms with Crippen LogP contribution in [0.15, 0.2) is 48.5 Å². The number of benzene rings is 2. The first-order valence-electron chi connectivity index (χ1n) is 8.91. The van der Waals surface area contributed by atoms with E-state index in [0.717, 1.165) is 54.3 Å². The van der Waals surface area contributed by atoms with Crippen LogP contribution in [-0.2, 0) is 6.54 Å². The third kappa shape index (κ3) is 4.87. The number of nitrogens with one attached hydrogen (secondary N) is 1. The molecule has 1 heterocycles. The third-order valence-electron chi connectivity index (χ3n) is 4.44. The average Bonchev–Trinajstić information content (AvgIpc) is 2.66. The third-order valence-corrected chi connectivity index (χ3v) is 5.17. The van der Waals surface area contributed by atoms with Gasteiger partial charge in [0.25, 0.3) is 0 Å². The molecule has 2 aromatic rings. The Bertz CT molecular complexity index is 747. The molecule has 0 aliphatic carbocycles. The van der Waals surface area contributed by atoms with Gasteiger partial charge in [0, 0.05) is 37.7 Å². The van der Waals surface area contributed by atoms with E-state index in [1.54, 1.807) is 0 Å². The number of para-hydroxylation sites is 2. The van der Waals surface area contributed by atoms with E-state index in [2.05, 4.69) is 21.2 Å². The van der Waals surface area contributed by atoms with Gasteiger partial charge in [0.15, 0.2) is 5.11 Å². The van der Waals surface area contributed by atoms with Crippen LogP contribution in [0.3, 0.4) is 0 Å². The van der Waals surface area contributed by atoms with Gasteiger partial charge in [-0.1, -0.05) is 41.9 Å². The summed E-state index contributed by atoms with van der Waals surface area (Å²) in [4.78, 5) is 4.62. The lowest BCUT2D eigenvalue weighted by molar-refractivity contribution is 0.177. The zero-order valence-corrected chi connectivity index (χ0v) is 16.5. The molecule has 3 rings (SSSR count). The molecule has 4 nitrogen and oxygen atoms in total. The predicted octanol–water partition coefficient (Wildman–Crippen LogP) is 4.25. The molecular formula is C20H24ClN3OS. The van der Waals surface area contributed by atoms with Crippen LogP contribution in [-0.4, -0.2) is 47.7 Å². The van der Waals surface area contributed by atoms with Crippen molar-refractivity contribution in [3.05, 3.63) is 59.1 Å². The highest BCUT2D eigenvalue weighted by Crippen LogP contribution is 2.24. The Labute approximate surface area is 165 Å². The van der Waals surface area contributed by atoms with Gasteiger partial charge in [0.2, 0.25) is 0 Å². The van der Waals surface area contributed by atoms with E-state index in [-0.39, 0.29) is 0 Å². The minimum atomic E-state index is 0.631. The Hall–Kier alpha value is -1.82. The second-order valence-electron chi connectivity index (χ2n) is 6.21. The van der Waals surface area contributed by atoms with Gasteiger partial charge in [-0.15, -0.1) is 0 Å². The van der Waals surface area contributed by atoms with Crippen molar-refractivity contribution in [2.45, 2.75) is 13.5 Å². The van der Waals surface area contributed by atoms with Crippen LogP contribution >= 0.6 is 23.8 Å². The molecule has 1 aliphatic heterocycles. The smallest absolute Gasteiger partial charge is 0.173 e. The SMILES string of the molecule is CCOc1ccccc1NC(=S)N1CCN(Cc2ccccc2Cl)CC1. The molecule has 1 saturated heterocycles. The Morgan fingerprint density at radius 3 is 2.50 bits per heavy atom. The maximum absolute atomic E-state index is 6.27. The highest BCUT2D eigenvalue weighted by atomic mass is 35.5. The second-order valence-corrected chi connectivity index (χ2v) is 7.01. The van der Waals surface area contributed by atoms with Gasteiger partial charge in [-0.2, -0.15) is 0 Å². The summed E-state index contributed by atoms with van der Waals surface area (Å²) >= 11 is 11.9. The zero-order chi connectivity index (χ0) is 18.4. The van der Waals surface area contributed by atoms with Crippen LogP contribution < -0.4 is 10.1 Å². The van der Waals surface area contributed by atoms with Gasteiger partial charge < -0.3 is 15.0 Å². The monoisotopic (exact) mass is 389 g/mol. The van der Waals surface area contributed by atoms with E-state index >= 15 is 0 Å². The second kappa shape index (κ2) is 9.21. The first-order chi connectivity index (χ1) is 12.7. The summed E-state index contributed by atoms with van der Waals surface area (Å²) in [6.07, 6.45) is 0. The summed E-state index contributed by atoms with van der Waals surface area (Å²) in [5, 5.41) is 4.91. The highest BCUT2D eigenvalue weighted by Gasteiger charge is 2.20. The molecule has 0 radical (unpaired) electrons. The molecule has 1 N–H and O–H groups in total. The molecule has 1 fully saturated rings. The maximum Gasteiger partial charge on any atom is 0.173 e. The lowest BCUT2D eigenvalue weighted by Gasteiger charge is -2.36. The number of nitrogens with zero attached hydrogens (tertiary/aromatic N) is 2. The van der Waals surface area contributed by atoms with Gasteiger partial charge in [0.05, 0.1) is 12.3 Å². The summed E-state index contributed by atoms with van der Waals surface area (Å²) < 4.78 is 5.66. The number of hydrogen-bond acceptors (Lipinski definition) is 3. The largest absolute Gasteiger partial charge is 0.492 e. The van der Waals surface area contributed by atoms with E-state index in [9.17, 15) is 0 Å². The van der Waals surface area contributed by atoms with Crippen LogP contribution in [0.4, 0.5) is 5.69 Å². The molecule has 2 aromatic carbocycles. The van der Waals surface area contributed by atoms with Crippen LogP contribution in [0.1, 0.15) is 12.5 Å². The van der Waals surface area contributed by atoms with Crippen molar-refractivity contribution in [2.75, 3.05) is 38.1 Å². The number of rotatable bonds is 5. The molecule has 0 spiro atoms. The van der Waals surface area contributed by atoms with Crippen molar-refractivity contribution in [3.8, 4) is 5.75 Å².